The van der Waals surface area contributed by atoms with Gasteiger partial charge in [-0.15, -0.1) is 10.2 Å². The number of ether oxygens (including phenoxy) is 8. The lowest BCUT2D eigenvalue weighted by Crippen LogP contribution is -2.39. The highest BCUT2D eigenvalue weighted by molar-refractivity contribution is 6.02. The molecular weight excluding hydrogens is 692 g/mol. The fraction of sp³-hybridized carbons (Fsp3) is 0.361. The summed E-state index contributed by atoms with van der Waals surface area (Å²) in [6, 6.07) is 21.1. The smallest absolute Gasteiger partial charge is 0.465 e. The van der Waals surface area contributed by atoms with Crippen LogP contribution in [0.2, 0.25) is 0 Å². The van der Waals surface area contributed by atoms with Gasteiger partial charge in [-0.05, 0) is 41.0 Å². The molecule has 0 saturated carbocycles. The largest absolute Gasteiger partial charge is 0.512 e. The number of hydrogen-bond acceptors (Lipinski definition) is 15. The van der Waals surface area contributed by atoms with Crippen molar-refractivity contribution in [2.45, 2.75) is 57.5 Å². The number of imidazole rings is 1. The van der Waals surface area contributed by atoms with E-state index < -0.39 is 48.5 Å². The molecule has 0 unspecified atom stereocenters. The maximum absolute atomic E-state index is 13.8. The van der Waals surface area contributed by atoms with Crippen LogP contribution in [0.1, 0.15) is 36.7 Å². The number of carbonyl (C=O) groups excluding carboxylic acids is 3. The molecule has 2 aliphatic rings. The zero-order valence-corrected chi connectivity index (χ0v) is 29.2. The number of H-pyrrole nitrogens is 1. The lowest BCUT2D eigenvalue weighted by molar-refractivity contribution is -0.162. The van der Waals surface area contributed by atoms with Crippen LogP contribution < -0.4 is 4.74 Å². The Balaban J connectivity index is 1.06. The maximum atomic E-state index is 13.8. The molecule has 5 aromatic rings. The average Bonchev–Trinajstić information content (AvgIpc) is 3.96. The molecule has 7 rings (SSSR count). The quantitative estimate of drug-likeness (QED) is 0.112. The molecule has 17 heteroatoms. The van der Waals surface area contributed by atoms with Crippen molar-refractivity contribution in [3.8, 4) is 28.5 Å². The molecule has 3 aromatic carbocycles. The molecule has 2 fully saturated rings. The minimum Gasteiger partial charge on any atom is -0.465 e. The van der Waals surface area contributed by atoms with Gasteiger partial charge in [0.1, 0.15) is 12.2 Å². The summed E-state index contributed by atoms with van der Waals surface area (Å²) < 4.78 is 45.3. The van der Waals surface area contributed by atoms with Gasteiger partial charge in [0.05, 0.1) is 50.1 Å². The number of rotatable bonds is 11. The van der Waals surface area contributed by atoms with Crippen LogP contribution in [-0.4, -0.2) is 106 Å². The van der Waals surface area contributed by atoms with E-state index in [4.69, 9.17) is 33.2 Å². The second-order valence-corrected chi connectivity index (χ2v) is 12.6. The molecular formula is C36H36N6O11. The van der Waals surface area contributed by atoms with Crippen molar-refractivity contribution in [2.24, 2.45) is 0 Å². The number of methoxy groups -OCH3 is 1. The number of nitrogens with zero attached hydrogens (tertiary/aromatic N) is 5. The predicted molar refractivity (Wildman–Crippen MR) is 183 cm³/mol. The van der Waals surface area contributed by atoms with Crippen LogP contribution in [0.25, 0.3) is 33.5 Å². The van der Waals surface area contributed by atoms with E-state index in [2.05, 4.69) is 30.3 Å². The molecule has 2 aromatic heterocycles. The maximum Gasteiger partial charge on any atom is 0.512 e. The first kappa shape index (κ1) is 35.3. The van der Waals surface area contributed by atoms with Gasteiger partial charge in [0.2, 0.25) is 5.82 Å². The van der Waals surface area contributed by atoms with Crippen LogP contribution in [0.15, 0.2) is 66.7 Å². The van der Waals surface area contributed by atoms with Crippen molar-refractivity contribution in [1.29, 1.82) is 0 Å². The monoisotopic (exact) mass is 728 g/mol. The molecule has 2 saturated heterocycles. The van der Waals surface area contributed by atoms with Crippen molar-refractivity contribution in [1.82, 2.24) is 30.2 Å². The summed E-state index contributed by atoms with van der Waals surface area (Å²) in [6.07, 6.45) is -4.90. The van der Waals surface area contributed by atoms with Gasteiger partial charge in [0, 0.05) is 19.4 Å². The van der Waals surface area contributed by atoms with Gasteiger partial charge in [-0.3, -0.25) is 4.57 Å². The van der Waals surface area contributed by atoms with Gasteiger partial charge >= 0.3 is 18.3 Å². The van der Waals surface area contributed by atoms with Crippen molar-refractivity contribution < 1.29 is 52.3 Å². The highest BCUT2D eigenvalue weighted by atomic mass is 16.8. The zero-order chi connectivity index (χ0) is 37.1. The summed E-state index contributed by atoms with van der Waals surface area (Å²) in [4.78, 5) is 42.8. The van der Waals surface area contributed by atoms with Crippen LogP contribution in [0.4, 0.5) is 9.59 Å². The molecule has 0 amide bonds. The number of nitrogens with one attached hydrogen (secondary N) is 1. The second-order valence-electron chi connectivity index (χ2n) is 12.6. The van der Waals surface area contributed by atoms with Gasteiger partial charge in [-0.2, -0.15) is 10.2 Å². The number of aromatic nitrogens is 6. The highest BCUT2D eigenvalue weighted by Crippen LogP contribution is 2.33. The fourth-order valence-corrected chi connectivity index (χ4v) is 6.34. The first-order valence-electron chi connectivity index (χ1n) is 16.8. The third-order valence-corrected chi connectivity index (χ3v) is 8.64. The number of aromatic amines is 1. The van der Waals surface area contributed by atoms with Gasteiger partial charge in [-0.25, -0.2) is 14.4 Å². The zero-order valence-electron chi connectivity index (χ0n) is 29.2. The molecule has 17 nitrogen and oxygen atoms in total. The van der Waals surface area contributed by atoms with Crippen LogP contribution in [-0.2, 0) is 39.7 Å². The van der Waals surface area contributed by atoms with Crippen LogP contribution in [0.5, 0.6) is 6.01 Å². The Morgan fingerprint density at radius 1 is 0.887 bits per heavy atom. The molecule has 276 valence electrons. The molecule has 0 aliphatic carbocycles. The van der Waals surface area contributed by atoms with Gasteiger partial charge < -0.3 is 37.9 Å². The van der Waals surface area contributed by atoms with Gasteiger partial charge in [-0.1, -0.05) is 54.6 Å². The topological polar surface area (TPSA) is 197 Å². The molecule has 2 aliphatic heterocycles. The van der Waals surface area contributed by atoms with Crippen molar-refractivity contribution in [3.63, 3.8) is 0 Å². The van der Waals surface area contributed by atoms with Crippen LogP contribution in [0, 0.1) is 0 Å². The number of fused-ring (bicyclic) bond motifs is 2. The number of carbonyl (C=O) groups is 3. The van der Waals surface area contributed by atoms with E-state index in [1.165, 1.54) is 21.0 Å². The first-order chi connectivity index (χ1) is 25.6. The minimum absolute atomic E-state index is 0.0177. The van der Waals surface area contributed by atoms with Crippen LogP contribution in [0.3, 0.4) is 0 Å². The van der Waals surface area contributed by atoms with Crippen LogP contribution >= 0.6 is 0 Å². The molecule has 1 N–H and O–H groups in total. The Labute approximate surface area is 302 Å². The second kappa shape index (κ2) is 14.9. The Kier molecular flexibility index (Phi) is 9.92. The molecule has 4 heterocycles. The Morgan fingerprint density at radius 3 is 2.25 bits per heavy atom. The summed E-state index contributed by atoms with van der Waals surface area (Å²) in [7, 11) is 1.19. The van der Waals surface area contributed by atoms with E-state index in [0.717, 1.165) is 22.3 Å². The molecule has 53 heavy (non-hydrogen) atoms. The van der Waals surface area contributed by atoms with E-state index in [-0.39, 0.29) is 18.8 Å². The molecule has 0 bridgehead atoms. The van der Waals surface area contributed by atoms with Gasteiger partial charge in [0.15, 0.2) is 12.2 Å². The standard InChI is InChI=1S/C36H36N6O11/c1-5-47-33-37-25-12-8-11-24(28(25)42(33)17-20-13-15-21(16-14-20)22-9-6-7-10-23(22)31-38-40-41-39-31)32(43)52-36(2,3)53-35(45)51-27-19-49-29-26(18-48-30(27)29)50-34(44)46-4/h6-16,26-27,29-30H,5,17-19H2,1-4H3,(H,38,39,40,41)/t26-,27-,29+,30+/m1/s1. The van der Waals surface area contributed by atoms with E-state index >= 15 is 0 Å². The summed E-state index contributed by atoms with van der Waals surface area (Å²) >= 11 is 0. The first-order valence-corrected chi connectivity index (χ1v) is 16.8. The molecule has 4 atom stereocenters. The number of hydrogen-bond donors (Lipinski definition) is 1. The number of para-hydroxylation sites is 1. The fourth-order valence-electron chi connectivity index (χ4n) is 6.34. The number of benzene rings is 3. The number of esters is 1. The third kappa shape index (κ3) is 7.47. The summed E-state index contributed by atoms with van der Waals surface area (Å²) in [5.74, 6) is -2.02. The molecule has 0 spiro atoms. The van der Waals surface area contributed by atoms with Crippen molar-refractivity contribution >= 4 is 29.3 Å². The molecule has 0 radical (unpaired) electrons. The highest BCUT2D eigenvalue weighted by Gasteiger charge is 2.52. The SMILES string of the molecule is CCOc1nc2cccc(C(=O)OC(C)(C)OC(=O)O[C@@H]3CO[C@@H]4[C@H]3OC[C@H]4OC(=O)OC)c2n1Cc1ccc(-c2ccccc2-c2nn[nH]n2)cc1. The third-order valence-electron chi connectivity index (χ3n) is 8.64. The van der Waals surface area contributed by atoms with E-state index in [9.17, 15) is 14.4 Å². The summed E-state index contributed by atoms with van der Waals surface area (Å²) in [5, 5.41) is 14.4. The van der Waals surface area contributed by atoms with Crippen molar-refractivity contribution in [3.05, 3.63) is 77.9 Å². The minimum atomic E-state index is -1.75. The van der Waals surface area contributed by atoms with E-state index in [1.807, 2.05) is 55.5 Å². The predicted octanol–water partition coefficient (Wildman–Crippen LogP) is 4.69. The Bertz CT molecular complexity index is 2100. The average molecular weight is 729 g/mol. The Morgan fingerprint density at radius 2 is 1.58 bits per heavy atom. The van der Waals surface area contributed by atoms with Crippen molar-refractivity contribution in [2.75, 3.05) is 26.9 Å². The van der Waals surface area contributed by atoms with Gasteiger partial charge in [0.25, 0.3) is 11.8 Å². The number of tetrazole rings is 1. The lowest BCUT2D eigenvalue weighted by Gasteiger charge is -2.26. The van der Waals surface area contributed by atoms with E-state index in [1.54, 1.807) is 22.8 Å². The summed E-state index contributed by atoms with van der Waals surface area (Å²) in [6.45, 7) is 5.35. The summed E-state index contributed by atoms with van der Waals surface area (Å²) in [5.41, 5.74) is 4.80. The Hall–Kier alpha value is -6.07. The lowest BCUT2D eigenvalue weighted by atomic mass is 9.98. The van der Waals surface area contributed by atoms with E-state index in [0.29, 0.717) is 36.0 Å². The normalized spacial score (nSPS) is 19.4.